The van der Waals surface area contributed by atoms with Gasteiger partial charge in [-0.25, -0.2) is 10.0 Å². The minimum Gasteiger partial charge on any atom is -0.423 e. The Bertz CT molecular complexity index is 1910. The number of ether oxygens (including phenoxy) is 3. The summed E-state index contributed by atoms with van der Waals surface area (Å²) in [5, 5.41) is 12.0. The zero-order valence-corrected chi connectivity index (χ0v) is 30.1. The minimum atomic E-state index is -5.29. The first kappa shape index (κ1) is 40.7. The lowest BCUT2D eigenvalue weighted by Gasteiger charge is -2.48. The molecule has 0 aliphatic carbocycles. The summed E-state index contributed by atoms with van der Waals surface area (Å²) in [6.07, 6.45) is -7.97. The topological polar surface area (TPSA) is 160 Å². The molecule has 3 aromatic rings. The highest BCUT2D eigenvalue weighted by atomic mass is 19.4. The van der Waals surface area contributed by atoms with Crippen LogP contribution in [0.15, 0.2) is 79.0 Å². The Morgan fingerprint density at radius 1 is 0.815 bits per heavy atom. The molecule has 286 valence electrons. The first-order valence-electron chi connectivity index (χ1n) is 16.6. The molecule has 1 N–H and O–H groups in total. The molecule has 3 atom stereocenters. The van der Waals surface area contributed by atoms with Gasteiger partial charge in [0, 0.05) is 45.0 Å². The second kappa shape index (κ2) is 16.8. The summed E-state index contributed by atoms with van der Waals surface area (Å²) >= 11 is 0. The highest BCUT2D eigenvalue weighted by Crippen LogP contribution is 2.44. The monoisotopic (exact) mass is 753 g/mol. The Labute approximate surface area is 308 Å². The zero-order valence-electron chi connectivity index (χ0n) is 30.1. The van der Waals surface area contributed by atoms with Gasteiger partial charge in [-0.3, -0.25) is 33.7 Å². The fraction of sp³-hybridized carbons (Fsp3) is 0.316. The van der Waals surface area contributed by atoms with Crippen molar-refractivity contribution >= 4 is 41.3 Å². The SMILES string of the molecule is CC(=O)Oc1cc(C2=CN(C(=O)c3ccccc3)C(C(C)C)C(=O)N2N(C(C)=O)C(Cc2ccccc2)C(O)C(F)(F)F)cc(OC(C)=O)c1OC(C)=O. The lowest BCUT2D eigenvalue weighted by Crippen LogP contribution is -2.65. The normalized spacial score (nSPS) is 15.6. The van der Waals surface area contributed by atoms with Crippen molar-refractivity contribution in [1.82, 2.24) is 14.9 Å². The molecular weight excluding hydrogens is 715 g/mol. The molecule has 1 aliphatic heterocycles. The van der Waals surface area contributed by atoms with E-state index >= 15 is 0 Å². The fourth-order valence-electron chi connectivity index (χ4n) is 5.93. The predicted molar refractivity (Wildman–Crippen MR) is 185 cm³/mol. The van der Waals surface area contributed by atoms with E-state index in [0.29, 0.717) is 10.0 Å². The third-order valence-electron chi connectivity index (χ3n) is 8.05. The van der Waals surface area contributed by atoms with Crippen molar-refractivity contribution in [3.63, 3.8) is 0 Å². The molecule has 3 amide bonds. The van der Waals surface area contributed by atoms with Crippen LogP contribution in [-0.2, 0) is 30.4 Å². The maximum atomic E-state index is 14.9. The minimum absolute atomic E-state index is 0.129. The van der Waals surface area contributed by atoms with Gasteiger partial charge in [-0.1, -0.05) is 62.4 Å². The van der Waals surface area contributed by atoms with E-state index in [1.165, 1.54) is 24.3 Å². The van der Waals surface area contributed by atoms with Gasteiger partial charge in [0.2, 0.25) is 11.7 Å². The van der Waals surface area contributed by atoms with Crippen molar-refractivity contribution in [2.75, 3.05) is 0 Å². The molecule has 0 spiro atoms. The average Bonchev–Trinajstić information content (AvgIpc) is 3.08. The summed E-state index contributed by atoms with van der Waals surface area (Å²) in [4.78, 5) is 80.3. The van der Waals surface area contributed by atoms with E-state index in [9.17, 15) is 47.0 Å². The molecule has 1 heterocycles. The maximum absolute atomic E-state index is 14.9. The third-order valence-corrected chi connectivity index (χ3v) is 8.05. The van der Waals surface area contributed by atoms with Crippen LogP contribution in [0.25, 0.3) is 5.70 Å². The van der Waals surface area contributed by atoms with E-state index in [1.807, 2.05) is 0 Å². The lowest BCUT2D eigenvalue weighted by atomic mass is 9.95. The van der Waals surface area contributed by atoms with Crippen molar-refractivity contribution in [2.24, 2.45) is 5.92 Å². The number of esters is 3. The van der Waals surface area contributed by atoms with Gasteiger partial charge in [0.1, 0.15) is 6.04 Å². The van der Waals surface area contributed by atoms with E-state index in [1.54, 1.807) is 50.2 Å². The lowest BCUT2D eigenvalue weighted by molar-refractivity contribution is -0.232. The van der Waals surface area contributed by atoms with Crippen LogP contribution < -0.4 is 14.2 Å². The standard InChI is InChI=1S/C38H38F3N3O10/c1-21(2)33-37(51)44(43(22(3)45)29(35(49)38(39,40)41)17-26-13-9-7-10-14-26)30(20-42(33)36(50)27-15-11-8-12-16-27)28-18-31(52-23(4)46)34(54-25(6)48)32(19-28)53-24(5)47/h7-16,18-21,29,33,35,49H,17H2,1-6H3. The Kier molecular flexibility index (Phi) is 12.6. The molecule has 0 fully saturated rings. The Morgan fingerprint density at radius 2 is 1.31 bits per heavy atom. The first-order valence-corrected chi connectivity index (χ1v) is 16.6. The van der Waals surface area contributed by atoms with Crippen molar-refractivity contribution in [3.8, 4) is 17.2 Å². The number of carbonyl (C=O) groups excluding carboxylic acids is 6. The summed E-state index contributed by atoms with van der Waals surface area (Å²) in [6, 6.07) is 13.9. The molecule has 1 aliphatic rings. The van der Waals surface area contributed by atoms with E-state index in [-0.39, 0.29) is 16.7 Å². The van der Waals surface area contributed by atoms with Gasteiger partial charge in [-0.15, -0.1) is 0 Å². The van der Waals surface area contributed by atoms with Crippen LogP contribution in [0.4, 0.5) is 13.2 Å². The second-order valence-electron chi connectivity index (χ2n) is 12.6. The summed E-state index contributed by atoms with van der Waals surface area (Å²) in [5.74, 6) is -7.99. The molecule has 0 bridgehead atoms. The van der Waals surface area contributed by atoms with Gasteiger partial charge in [-0.05, 0) is 42.2 Å². The molecule has 13 nitrogen and oxygen atoms in total. The third kappa shape index (κ3) is 9.30. The highest BCUT2D eigenvalue weighted by Gasteiger charge is 2.52. The summed E-state index contributed by atoms with van der Waals surface area (Å²) in [5.41, 5.74) is -0.302. The molecule has 16 heteroatoms. The smallest absolute Gasteiger partial charge is 0.416 e. The number of hydrazine groups is 1. The molecular formula is C38H38F3N3O10. The van der Waals surface area contributed by atoms with Crippen molar-refractivity contribution in [1.29, 1.82) is 0 Å². The Morgan fingerprint density at radius 3 is 1.76 bits per heavy atom. The molecule has 0 aromatic heterocycles. The van der Waals surface area contributed by atoms with Gasteiger partial charge >= 0.3 is 24.1 Å². The summed E-state index contributed by atoms with van der Waals surface area (Å²) < 4.78 is 59.2. The van der Waals surface area contributed by atoms with Crippen LogP contribution in [0.1, 0.15) is 63.0 Å². The van der Waals surface area contributed by atoms with Gasteiger partial charge in [0.25, 0.3) is 11.8 Å². The van der Waals surface area contributed by atoms with Crippen LogP contribution in [0, 0.1) is 5.92 Å². The van der Waals surface area contributed by atoms with Gasteiger partial charge in [-0.2, -0.15) is 13.2 Å². The number of rotatable bonds is 11. The highest BCUT2D eigenvalue weighted by molar-refractivity contribution is 6.03. The number of carbonyl (C=O) groups is 6. The van der Waals surface area contributed by atoms with Crippen molar-refractivity contribution in [2.45, 2.75) is 72.3 Å². The van der Waals surface area contributed by atoms with Crippen LogP contribution in [0.2, 0.25) is 0 Å². The molecule has 0 saturated carbocycles. The molecule has 3 aromatic carbocycles. The largest absolute Gasteiger partial charge is 0.423 e. The predicted octanol–water partition coefficient (Wildman–Crippen LogP) is 5.07. The fourth-order valence-corrected chi connectivity index (χ4v) is 5.93. The maximum Gasteiger partial charge on any atom is 0.416 e. The van der Waals surface area contributed by atoms with Crippen LogP contribution in [0.3, 0.4) is 0 Å². The zero-order chi connectivity index (χ0) is 40.1. The summed E-state index contributed by atoms with van der Waals surface area (Å²) in [6.45, 7) is 7.08. The van der Waals surface area contributed by atoms with E-state index in [2.05, 4.69) is 0 Å². The number of aliphatic hydroxyl groups excluding tert-OH is 1. The number of nitrogens with zero attached hydrogens (tertiary/aromatic N) is 3. The quantitative estimate of drug-likeness (QED) is 0.207. The average molecular weight is 754 g/mol. The molecule has 4 rings (SSSR count). The Hall–Kier alpha value is -6.03. The molecule has 3 unspecified atom stereocenters. The van der Waals surface area contributed by atoms with Crippen molar-refractivity contribution < 1.29 is 61.3 Å². The number of hydrogen-bond acceptors (Lipinski definition) is 10. The van der Waals surface area contributed by atoms with Gasteiger partial charge < -0.3 is 19.3 Å². The molecule has 0 saturated heterocycles. The van der Waals surface area contributed by atoms with Crippen LogP contribution >= 0.6 is 0 Å². The summed E-state index contributed by atoms with van der Waals surface area (Å²) in [7, 11) is 0. The van der Waals surface area contributed by atoms with Crippen molar-refractivity contribution in [3.05, 3.63) is 95.7 Å². The van der Waals surface area contributed by atoms with Gasteiger partial charge in [0.05, 0.1) is 11.7 Å². The van der Waals surface area contributed by atoms with E-state index < -0.39 is 95.3 Å². The van der Waals surface area contributed by atoms with Crippen LogP contribution in [-0.4, -0.2) is 80.0 Å². The number of benzene rings is 3. The molecule has 0 radical (unpaired) electrons. The second-order valence-corrected chi connectivity index (χ2v) is 12.6. The number of hydrogen-bond donors (Lipinski definition) is 1. The van der Waals surface area contributed by atoms with E-state index in [0.717, 1.165) is 50.9 Å². The van der Waals surface area contributed by atoms with Gasteiger partial charge in [0.15, 0.2) is 17.6 Å². The van der Waals surface area contributed by atoms with E-state index in [4.69, 9.17) is 14.2 Å². The first-order chi connectivity index (χ1) is 25.3. The Balaban J connectivity index is 2.13. The number of alkyl halides is 3. The number of halogens is 3. The number of amides is 3. The van der Waals surface area contributed by atoms with Crippen LogP contribution in [0.5, 0.6) is 17.2 Å². The number of aliphatic hydroxyl groups is 1. The molecule has 54 heavy (non-hydrogen) atoms.